The van der Waals surface area contributed by atoms with Crippen molar-refractivity contribution in [2.75, 3.05) is 32.8 Å². The summed E-state index contributed by atoms with van der Waals surface area (Å²) in [5, 5.41) is 15.7. The van der Waals surface area contributed by atoms with Gasteiger partial charge < -0.3 is 25.2 Å². The fourth-order valence-corrected chi connectivity index (χ4v) is 4.75. The minimum absolute atomic E-state index is 0.111. The molecule has 0 bridgehead atoms. The number of carbonyl (C=O) groups is 2. The van der Waals surface area contributed by atoms with E-state index in [1.54, 1.807) is 13.0 Å². The van der Waals surface area contributed by atoms with Crippen molar-refractivity contribution >= 4 is 23.2 Å². The number of carbonyl (C=O) groups excluding carboxylic acids is 1. The van der Waals surface area contributed by atoms with Crippen LogP contribution < -0.4 is 20.1 Å². The number of fused-ring (bicyclic) bond motifs is 1. The van der Waals surface area contributed by atoms with Gasteiger partial charge in [0, 0.05) is 13.1 Å². The average molecular weight is 564 g/mol. The Morgan fingerprint density at radius 1 is 1.10 bits per heavy atom. The lowest BCUT2D eigenvalue weighted by Gasteiger charge is -2.20. The van der Waals surface area contributed by atoms with Crippen LogP contribution in [0.3, 0.4) is 0 Å². The van der Waals surface area contributed by atoms with Crippen molar-refractivity contribution in [1.82, 2.24) is 15.6 Å². The summed E-state index contributed by atoms with van der Waals surface area (Å²) in [5.74, 6) is 0.702. The first-order chi connectivity index (χ1) is 18.6. The second kappa shape index (κ2) is 12.5. The monoisotopic (exact) mass is 563 g/mol. The molecule has 39 heavy (non-hydrogen) atoms. The maximum atomic E-state index is 12.6. The zero-order valence-corrected chi connectivity index (χ0v) is 22.0. The Morgan fingerprint density at radius 3 is 2.56 bits per heavy atom. The molecule has 0 atom stereocenters. The number of aromatic nitrogens is 1. The van der Waals surface area contributed by atoms with Gasteiger partial charge in [-0.3, -0.25) is 4.79 Å². The summed E-state index contributed by atoms with van der Waals surface area (Å²) in [6, 6.07) is 9.96. The number of aromatic carboxylic acids is 1. The fourth-order valence-electron chi connectivity index (χ4n) is 3.84. The number of para-hydroxylation sites is 1. The van der Waals surface area contributed by atoms with E-state index in [0.717, 1.165) is 42.5 Å². The number of rotatable bonds is 8. The number of halogens is 3. The second-order valence-electron chi connectivity index (χ2n) is 9.03. The lowest BCUT2D eigenvalue weighted by Crippen LogP contribution is -2.33. The van der Waals surface area contributed by atoms with Gasteiger partial charge in [-0.15, -0.1) is 11.3 Å². The molecule has 1 aliphatic carbocycles. The van der Waals surface area contributed by atoms with E-state index in [-0.39, 0.29) is 22.0 Å². The normalized spacial score (nSPS) is 14.3. The number of ether oxygens (including phenoxy) is 2. The number of nitrogens with one attached hydrogen (secondary N) is 2. The van der Waals surface area contributed by atoms with Crippen LogP contribution in [0.2, 0.25) is 0 Å². The largest absolute Gasteiger partial charge is 0.486 e. The molecule has 0 saturated heterocycles. The van der Waals surface area contributed by atoms with Gasteiger partial charge >= 0.3 is 12.1 Å². The Labute approximate surface area is 227 Å². The summed E-state index contributed by atoms with van der Waals surface area (Å²) in [4.78, 5) is 27.2. The average Bonchev–Trinajstić information content (AvgIpc) is 3.66. The summed E-state index contributed by atoms with van der Waals surface area (Å²) in [7, 11) is 0. The van der Waals surface area contributed by atoms with Crippen molar-refractivity contribution < 1.29 is 37.3 Å². The van der Waals surface area contributed by atoms with Crippen LogP contribution in [-0.2, 0) is 6.18 Å². The SMILES string of the molecule is Cc1nc(C(=O)O)c(-c2cccc(C(F)(F)F)c2)s1.O=C(NCCNCC1CC1)c1cccc2c1OCCO2. The Kier molecular flexibility index (Phi) is 9.08. The molecule has 3 aromatic rings. The zero-order valence-electron chi connectivity index (χ0n) is 21.1. The third kappa shape index (κ3) is 7.70. The van der Waals surface area contributed by atoms with Gasteiger partial charge in [0.1, 0.15) is 13.2 Å². The van der Waals surface area contributed by atoms with Crippen LogP contribution in [0.15, 0.2) is 42.5 Å². The first kappa shape index (κ1) is 28.4. The van der Waals surface area contributed by atoms with E-state index in [9.17, 15) is 22.8 Å². The van der Waals surface area contributed by atoms with Crippen molar-refractivity contribution in [3.8, 4) is 21.9 Å². The molecule has 0 spiro atoms. The summed E-state index contributed by atoms with van der Waals surface area (Å²) >= 11 is 1.06. The van der Waals surface area contributed by atoms with Gasteiger partial charge in [0.2, 0.25) is 0 Å². The van der Waals surface area contributed by atoms with Crippen LogP contribution in [-0.4, -0.2) is 54.8 Å². The molecule has 1 fully saturated rings. The number of carboxylic acid groups (broad SMARTS) is 1. The third-order valence-electron chi connectivity index (χ3n) is 5.92. The molecule has 5 rings (SSSR count). The van der Waals surface area contributed by atoms with Crippen LogP contribution >= 0.6 is 11.3 Å². The van der Waals surface area contributed by atoms with Gasteiger partial charge in [0.25, 0.3) is 5.91 Å². The third-order valence-corrected chi connectivity index (χ3v) is 6.94. The molecule has 2 aromatic carbocycles. The molecule has 1 aromatic heterocycles. The van der Waals surface area contributed by atoms with E-state index in [0.29, 0.717) is 41.8 Å². The number of carboxylic acids is 1. The molecule has 8 nitrogen and oxygen atoms in total. The number of nitrogens with zero attached hydrogens (tertiary/aromatic N) is 1. The van der Waals surface area contributed by atoms with Gasteiger partial charge in [0.05, 0.1) is 21.0 Å². The topological polar surface area (TPSA) is 110 Å². The van der Waals surface area contributed by atoms with Crippen molar-refractivity contribution in [3.05, 3.63) is 64.3 Å². The van der Waals surface area contributed by atoms with Crippen LogP contribution in [0.1, 0.15) is 44.3 Å². The molecule has 2 heterocycles. The standard InChI is InChI=1S/C15H20N2O3.C12H8F3NO2S/c18-15(17-7-6-16-10-11-4-5-11)12-2-1-3-13-14(12)20-9-8-19-13;1-6-16-9(11(17)18)10(19-6)7-3-2-4-8(5-7)12(13,14)15/h1-3,11,16H,4-10H2,(H,17,18);2-5H,1H3,(H,17,18). The van der Waals surface area contributed by atoms with Gasteiger partial charge in [0.15, 0.2) is 17.2 Å². The first-order valence-corrected chi connectivity index (χ1v) is 13.2. The van der Waals surface area contributed by atoms with E-state index >= 15 is 0 Å². The Hall–Kier alpha value is -3.64. The predicted octanol–water partition coefficient (Wildman–Crippen LogP) is 5.02. The lowest BCUT2D eigenvalue weighted by molar-refractivity contribution is -0.137. The van der Waals surface area contributed by atoms with E-state index < -0.39 is 17.7 Å². The summed E-state index contributed by atoms with van der Waals surface area (Å²) in [5.41, 5.74) is -0.281. The first-order valence-electron chi connectivity index (χ1n) is 12.4. The maximum absolute atomic E-state index is 12.6. The van der Waals surface area contributed by atoms with E-state index in [2.05, 4.69) is 15.6 Å². The highest BCUT2D eigenvalue weighted by Crippen LogP contribution is 2.36. The molecule has 1 amide bonds. The number of aryl methyl sites for hydroxylation is 1. The van der Waals surface area contributed by atoms with Gasteiger partial charge in [-0.05, 0) is 62.1 Å². The van der Waals surface area contributed by atoms with Crippen LogP contribution in [0, 0.1) is 12.8 Å². The highest BCUT2D eigenvalue weighted by molar-refractivity contribution is 7.15. The number of thiazole rings is 1. The molecule has 3 N–H and O–H groups in total. The second-order valence-corrected chi connectivity index (χ2v) is 10.2. The Bertz CT molecular complexity index is 1320. The molecular weight excluding hydrogens is 535 g/mol. The number of benzene rings is 2. The van der Waals surface area contributed by atoms with Gasteiger partial charge in [-0.25, -0.2) is 9.78 Å². The van der Waals surface area contributed by atoms with Crippen molar-refractivity contribution in [1.29, 1.82) is 0 Å². The van der Waals surface area contributed by atoms with E-state index in [1.807, 2.05) is 12.1 Å². The highest BCUT2D eigenvalue weighted by atomic mass is 32.1. The number of hydrogen-bond acceptors (Lipinski definition) is 7. The number of alkyl halides is 3. The minimum atomic E-state index is -4.46. The smallest absolute Gasteiger partial charge is 0.416 e. The molecule has 0 unspecified atom stereocenters. The molecule has 0 radical (unpaired) electrons. The molecular formula is C27H28F3N3O5S. The maximum Gasteiger partial charge on any atom is 0.416 e. The lowest BCUT2D eigenvalue weighted by atomic mass is 10.1. The predicted molar refractivity (Wildman–Crippen MR) is 140 cm³/mol. The zero-order chi connectivity index (χ0) is 28.0. The van der Waals surface area contributed by atoms with Crippen LogP contribution in [0.4, 0.5) is 13.2 Å². The fraction of sp³-hybridized carbons (Fsp3) is 0.370. The van der Waals surface area contributed by atoms with Crippen molar-refractivity contribution in [2.45, 2.75) is 25.9 Å². The number of amides is 1. The van der Waals surface area contributed by atoms with Crippen molar-refractivity contribution in [3.63, 3.8) is 0 Å². The van der Waals surface area contributed by atoms with Crippen LogP contribution in [0.25, 0.3) is 10.4 Å². The molecule has 12 heteroatoms. The summed E-state index contributed by atoms with van der Waals surface area (Å²) in [6.07, 6.45) is -1.78. The quantitative estimate of drug-likeness (QED) is 0.330. The number of hydrogen-bond donors (Lipinski definition) is 3. The van der Waals surface area contributed by atoms with Crippen molar-refractivity contribution in [2.24, 2.45) is 5.92 Å². The summed E-state index contributed by atoms with van der Waals surface area (Å²) in [6.45, 7) is 5.11. The highest BCUT2D eigenvalue weighted by Gasteiger charge is 2.31. The molecule has 1 saturated carbocycles. The Balaban J connectivity index is 0.000000181. The molecule has 1 aliphatic heterocycles. The summed E-state index contributed by atoms with van der Waals surface area (Å²) < 4.78 is 48.9. The minimum Gasteiger partial charge on any atom is -0.486 e. The van der Waals surface area contributed by atoms with Gasteiger partial charge in [-0.1, -0.05) is 18.2 Å². The Morgan fingerprint density at radius 2 is 1.85 bits per heavy atom. The van der Waals surface area contributed by atoms with Gasteiger partial charge in [-0.2, -0.15) is 13.2 Å². The van der Waals surface area contributed by atoms with E-state index in [1.165, 1.54) is 25.0 Å². The van der Waals surface area contributed by atoms with E-state index in [4.69, 9.17) is 14.6 Å². The molecule has 2 aliphatic rings. The molecule has 208 valence electrons. The van der Waals surface area contributed by atoms with Crippen LogP contribution in [0.5, 0.6) is 11.5 Å².